The lowest BCUT2D eigenvalue weighted by atomic mass is 10.2. The second-order valence-corrected chi connectivity index (χ2v) is 7.40. The first-order chi connectivity index (χ1) is 11.9. The van der Waals surface area contributed by atoms with Gasteiger partial charge < -0.3 is 9.15 Å². The first-order valence-corrected chi connectivity index (χ1v) is 9.30. The zero-order valence-corrected chi connectivity index (χ0v) is 14.2. The maximum atomic E-state index is 12.0. The number of hydrogen-bond donors (Lipinski definition) is 0. The second kappa shape index (κ2) is 6.90. The normalized spacial score (nSPS) is 11.2. The Morgan fingerprint density at radius 3 is 2.40 bits per heavy atom. The summed E-state index contributed by atoms with van der Waals surface area (Å²) in [5.41, 5.74) is 1.58. The van der Waals surface area contributed by atoms with E-state index in [1.807, 2.05) is 30.3 Å². The molecule has 7 heteroatoms. The van der Waals surface area contributed by atoms with Gasteiger partial charge in [0.05, 0.1) is 10.5 Å². The number of carbonyl (C=O) groups is 1. The van der Waals surface area contributed by atoms with Crippen LogP contribution in [0.1, 0.15) is 16.1 Å². The van der Waals surface area contributed by atoms with Gasteiger partial charge in [-0.1, -0.05) is 18.2 Å². The topological polar surface area (TPSA) is 86.5 Å². The van der Waals surface area contributed by atoms with Crippen LogP contribution in [0.5, 0.6) is 0 Å². The lowest BCUT2D eigenvalue weighted by molar-refractivity contribution is 0.0467. The van der Waals surface area contributed by atoms with E-state index in [4.69, 9.17) is 9.15 Å². The highest BCUT2D eigenvalue weighted by atomic mass is 32.2. The predicted octanol–water partition coefficient (Wildman–Crippen LogP) is 3.10. The summed E-state index contributed by atoms with van der Waals surface area (Å²) in [6.45, 7) is -0.0387. The summed E-state index contributed by atoms with van der Waals surface area (Å²) in [6, 6.07) is 14.9. The summed E-state index contributed by atoms with van der Waals surface area (Å²) in [7, 11) is -3.30. The van der Waals surface area contributed by atoms with Crippen LogP contribution in [0.4, 0.5) is 0 Å². The van der Waals surface area contributed by atoms with Crippen molar-refractivity contribution in [2.75, 3.05) is 6.26 Å². The largest absolute Gasteiger partial charge is 0.455 e. The molecule has 1 heterocycles. The molecule has 0 atom stereocenters. The van der Waals surface area contributed by atoms with Crippen molar-refractivity contribution in [3.63, 3.8) is 0 Å². The molecule has 1 aromatic heterocycles. The molecule has 0 fully saturated rings. The van der Waals surface area contributed by atoms with Crippen molar-refractivity contribution in [3.8, 4) is 11.5 Å². The lowest BCUT2D eigenvalue weighted by Gasteiger charge is -2.03. The van der Waals surface area contributed by atoms with Crippen LogP contribution in [0.25, 0.3) is 11.5 Å². The number of sulfone groups is 1. The SMILES string of the molecule is CS(=O)(=O)c1ccc(C(=O)OCc2coc(-c3ccccc3)n2)cc1. The molecule has 0 saturated carbocycles. The molecule has 0 aliphatic heterocycles. The van der Waals surface area contributed by atoms with Gasteiger partial charge in [0.1, 0.15) is 18.6 Å². The van der Waals surface area contributed by atoms with E-state index < -0.39 is 15.8 Å². The third kappa shape index (κ3) is 4.13. The number of rotatable bonds is 5. The molecular weight excluding hydrogens is 342 g/mol. The Balaban J connectivity index is 1.64. The smallest absolute Gasteiger partial charge is 0.338 e. The van der Waals surface area contributed by atoms with E-state index in [9.17, 15) is 13.2 Å². The van der Waals surface area contributed by atoms with Gasteiger partial charge in [-0.15, -0.1) is 0 Å². The minimum absolute atomic E-state index is 0.0387. The Morgan fingerprint density at radius 1 is 1.08 bits per heavy atom. The van der Waals surface area contributed by atoms with Gasteiger partial charge in [-0.25, -0.2) is 18.2 Å². The summed E-state index contributed by atoms with van der Waals surface area (Å²) < 4.78 is 33.4. The van der Waals surface area contributed by atoms with Gasteiger partial charge in [0, 0.05) is 11.8 Å². The maximum Gasteiger partial charge on any atom is 0.338 e. The Hall–Kier alpha value is -2.93. The number of ether oxygens (including phenoxy) is 1. The summed E-state index contributed by atoms with van der Waals surface area (Å²) in [5, 5.41) is 0. The van der Waals surface area contributed by atoms with Crippen LogP contribution >= 0.6 is 0 Å². The van der Waals surface area contributed by atoms with Gasteiger partial charge in [0.25, 0.3) is 0 Å². The van der Waals surface area contributed by atoms with Gasteiger partial charge in [0.15, 0.2) is 9.84 Å². The number of aromatic nitrogens is 1. The monoisotopic (exact) mass is 357 g/mol. The quantitative estimate of drug-likeness (QED) is 0.652. The van der Waals surface area contributed by atoms with Gasteiger partial charge in [-0.3, -0.25) is 0 Å². The van der Waals surface area contributed by atoms with E-state index in [1.54, 1.807) is 0 Å². The van der Waals surface area contributed by atoms with Gasteiger partial charge in [0.2, 0.25) is 5.89 Å². The average Bonchev–Trinajstić information content (AvgIpc) is 3.09. The van der Waals surface area contributed by atoms with E-state index in [0.717, 1.165) is 11.8 Å². The second-order valence-electron chi connectivity index (χ2n) is 5.38. The zero-order valence-electron chi connectivity index (χ0n) is 13.4. The van der Waals surface area contributed by atoms with E-state index in [2.05, 4.69) is 4.98 Å². The van der Waals surface area contributed by atoms with Crippen LogP contribution in [0.15, 0.2) is 70.2 Å². The third-order valence-electron chi connectivity index (χ3n) is 3.44. The van der Waals surface area contributed by atoms with Gasteiger partial charge in [-0.2, -0.15) is 0 Å². The molecular formula is C18H15NO5S. The summed E-state index contributed by atoms with van der Waals surface area (Å²) in [5.74, 6) is -0.117. The molecule has 2 aromatic carbocycles. The molecule has 3 rings (SSSR count). The number of esters is 1. The molecule has 25 heavy (non-hydrogen) atoms. The Labute approximate surface area is 145 Å². The standard InChI is InChI=1S/C18H15NO5S/c1-25(21,22)16-9-7-14(8-10-16)18(20)24-12-15-11-23-17(19-15)13-5-3-2-4-6-13/h2-11H,12H2,1H3. The van der Waals surface area contributed by atoms with E-state index >= 15 is 0 Å². The number of hydrogen-bond acceptors (Lipinski definition) is 6. The molecule has 0 bridgehead atoms. The molecule has 128 valence electrons. The van der Waals surface area contributed by atoms with Crippen molar-refractivity contribution >= 4 is 15.8 Å². The van der Waals surface area contributed by atoms with Crippen molar-refractivity contribution in [1.82, 2.24) is 4.98 Å². The first-order valence-electron chi connectivity index (χ1n) is 7.40. The van der Waals surface area contributed by atoms with Gasteiger partial charge >= 0.3 is 5.97 Å². The zero-order chi connectivity index (χ0) is 17.9. The van der Waals surface area contributed by atoms with Crippen LogP contribution in [-0.2, 0) is 21.2 Å². The van der Waals surface area contributed by atoms with E-state index in [1.165, 1.54) is 30.5 Å². The van der Waals surface area contributed by atoms with E-state index in [0.29, 0.717) is 11.6 Å². The molecule has 3 aromatic rings. The van der Waals surface area contributed by atoms with Crippen LogP contribution in [0, 0.1) is 0 Å². The molecule has 0 saturated heterocycles. The fraction of sp³-hybridized carbons (Fsp3) is 0.111. The highest BCUT2D eigenvalue weighted by Crippen LogP contribution is 2.18. The van der Waals surface area contributed by atoms with Crippen molar-refractivity contribution in [2.45, 2.75) is 11.5 Å². The first kappa shape index (κ1) is 16.9. The number of nitrogens with zero attached hydrogens (tertiary/aromatic N) is 1. The van der Waals surface area contributed by atoms with Crippen LogP contribution < -0.4 is 0 Å². The Morgan fingerprint density at radius 2 is 1.76 bits per heavy atom. The molecule has 0 spiro atoms. The number of carbonyl (C=O) groups excluding carboxylic acids is 1. The van der Waals surface area contributed by atoms with Crippen molar-refractivity contribution in [3.05, 3.63) is 72.1 Å². The highest BCUT2D eigenvalue weighted by molar-refractivity contribution is 7.90. The summed E-state index contributed by atoms with van der Waals surface area (Å²) >= 11 is 0. The van der Waals surface area contributed by atoms with Crippen LogP contribution in [0.3, 0.4) is 0 Å². The van der Waals surface area contributed by atoms with Gasteiger partial charge in [-0.05, 0) is 36.4 Å². The summed E-state index contributed by atoms with van der Waals surface area (Å²) in [6.07, 6.45) is 2.54. The molecule has 0 aliphatic carbocycles. The molecule has 0 N–H and O–H groups in total. The van der Waals surface area contributed by atoms with Crippen molar-refractivity contribution in [1.29, 1.82) is 0 Å². The third-order valence-corrected chi connectivity index (χ3v) is 4.57. The molecule has 0 unspecified atom stereocenters. The lowest BCUT2D eigenvalue weighted by Crippen LogP contribution is -2.06. The van der Waals surface area contributed by atoms with Crippen LogP contribution in [0.2, 0.25) is 0 Å². The Bertz CT molecular complexity index is 976. The number of benzene rings is 2. The summed E-state index contributed by atoms with van der Waals surface area (Å²) in [4.78, 5) is 16.4. The fourth-order valence-corrected chi connectivity index (χ4v) is 2.78. The molecule has 6 nitrogen and oxygen atoms in total. The molecule has 0 radical (unpaired) electrons. The predicted molar refractivity (Wildman–Crippen MR) is 90.6 cm³/mol. The minimum Gasteiger partial charge on any atom is -0.455 e. The van der Waals surface area contributed by atoms with E-state index in [-0.39, 0.29) is 17.1 Å². The Kier molecular flexibility index (Phi) is 4.67. The maximum absolute atomic E-state index is 12.0. The minimum atomic E-state index is -3.30. The van der Waals surface area contributed by atoms with Crippen molar-refractivity contribution < 1.29 is 22.4 Å². The highest BCUT2D eigenvalue weighted by Gasteiger charge is 2.12. The van der Waals surface area contributed by atoms with Crippen molar-refractivity contribution in [2.24, 2.45) is 0 Å². The molecule has 0 amide bonds. The fourth-order valence-electron chi connectivity index (χ4n) is 2.15. The molecule has 0 aliphatic rings. The van der Waals surface area contributed by atoms with Crippen LogP contribution in [-0.4, -0.2) is 25.6 Å². The number of oxazole rings is 1. The average molecular weight is 357 g/mol.